The third-order valence-corrected chi connectivity index (χ3v) is 5.71. The van der Waals surface area contributed by atoms with Crippen LogP contribution in [0.15, 0.2) is 47.6 Å². The minimum Gasteiger partial charge on any atom is -0.477 e. The van der Waals surface area contributed by atoms with Gasteiger partial charge in [0.2, 0.25) is 10.0 Å². The molecule has 1 saturated heterocycles. The Labute approximate surface area is 141 Å². The molecule has 8 heteroatoms. The molecule has 0 spiro atoms. The maximum atomic E-state index is 12.7. The number of aromatic nitrogens is 2. The van der Waals surface area contributed by atoms with Gasteiger partial charge in [0.25, 0.3) is 11.8 Å². The number of benzene rings is 1. The van der Waals surface area contributed by atoms with E-state index in [1.807, 2.05) is 0 Å². The highest BCUT2D eigenvalue weighted by Crippen LogP contribution is 2.26. The summed E-state index contributed by atoms with van der Waals surface area (Å²) >= 11 is 0. The van der Waals surface area contributed by atoms with Gasteiger partial charge in [-0.2, -0.15) is 4.31 Å². The summed E-state index contributed by atoms with van der Waals surface area (Å²) in [5, 5.41) is 0. The van der Waals surface area contributed by atoms with E-state index in [0.717, 1.165) is 12.8 Å². The Balaban J connectivity index is 1.75. The summed E-state index contributed by atoms with van der Waals surface area (Å²) in [6.07, 6.45) is 4.21. The predicted octanol–water partition coefficient (Wildman–Crippen LogP) is 1.72. The molecule has 24 heavy (non-hydrogen) atoms. The number of hydrogen-bond acceptors (Lipinski definition) is 6. The molecule has 0 saturated carbocycles. The molecule has 2 heterocycles. The zero-order valence-electron chi connectivity index (χ0n) is 13.3. The number of hydrogen-bond donors (Lipinski definition) is 0. The van der Waals surface area contributed by atoms with Gasteiger partial charge in [-0.3, -0.25) is 0 Å². The topological polar surface area (TPSA) is 81.6 Å². The van der Waals surface area contributed by atoms with Crippen molar-refractivity contribution >= 4 is 10.0 Å². The molecule has 2 aromatic rings. The Hall–Kier alpha value is -2.19. The van der Waals surface area contributed by atoms with E-state index in [2.05, 4.69) is 9.97 Å². The van der Waals surface area contributed by atoms with E-state index in [1.54, 1.807) is 30.3 Å². The van der Waals surface area contributed by atoms with E-state index in [1.165, 1.54) is 23.8 Å². The first-order chi connectivity index (χ1) is 11.6. The standard InChI is InChI=1S/C16H19N3O4S/c1-22-15-16(18-10-9-17-15)23-13-6-5-11-19(12-13)24(20,21)14-7-3-2-4-8-14/h2-4,7-10,13H,5-6,11-12H2,1H3. The normalized spacial score (nSPS) is 19.0. The van der Waals surface area contributed by atoms with Crippen molar-refractivity contribution in [3.8, 4) is 11.8 Å². The fourth-order valence-corrected chi connectivity index (χ4v) is 4.18. The Bertz CT molecular complexity index is 783. The second kappa shape index (κ2) is 7.14. The van der Waals surface area contributed by atoms with Crippen LogP contribution in [0.4, 0.5) is 0 Å². The molecule has 0 amide bonds. The Morgan fingerprint density at radius 3 is 2.54 bits per heavy atom. The van der Waals surface area contributed by atoms with Crippen LogP contribution < -0.4 is 9.47 Å². The van der Waals surface area contributed by atoms with Crippen molar-refractivity contribution in [1.82, 2.24) is 14.3 Å². The van der Waals surface area contributed by atoms with E-state index in [0.29, 0.717) is 17.3 Å². The quantitative estimate of drug-likeness (QED) is 0.817. The molecule has 1 aromatic heterocycles. The van der Waals surface area contributed by atoms with Gasteiger partial charge in [0.05, 0.1) is 18.6 Å². The SMILES string of the molecule is COc1nccnc1OC1CCCN(S(=O)(=O)c2ccccc2)C1. The molecule has 1 aliphatic rings. The molecule has 1 aliphatic heterocycles. The predicted molar refractivity (Wildman–Crippen MR) is 87.4 cm³/mol. The van der Waals surface area contributed by atoms with Gasteiger partial charge in [0.1, 0.15) is 6.10 Å². The zero-order valence-corrected chi connectivity index (χ0v) is 14.1. The molecule has 3 rings (SSSR count). The first-order valence-electron chi connectivity index (χ1n) is 7.68. The lowest BCUT2D eigenvalue weighted by Gasteiger charge is -2.31. The van der Waals surface area contributed by atoms with Crippen LogP contribution in [-0.2, 0) is 10.0 Å². The average Bonchev–Trinajstić information content (AvgIpc) is 2.63. The number of methoxy groups -OCH3 is 1. The van der Waals surface area contributed by atoms with Crippen LogP contribution in [0.1, 0.15) is 12.8 Å². The highest BCUT2D eigenvalue weighted by atomic mass is 32.2. The molecule has 1 aromatic carbocycles. The summed E-state index contributed by atoms with van der Waals surface area (Å²) in [7, 11) is -2.03. The first kappa shape index (κ1) is 16.7. The van der Waals surface area contributed by atoms with E-state index in [9.17, 15) is 8.42 Å². The van der Waals surface area contributed by atoms with Crippen molar-refractivity contribution in [2.45, 2.75) is 23.8 Å². The largest absolute Gasteiger partial charge is 0.477 e. The van der Waals surface area contributed by atoms with Crippen molar-refractivity contribution in [1.29, 1.82) is 0 Å². The summed E-state index contributed by atoms with van der Waals surface area (Å²) in [6, 6.07) is 8.43. The molecular formula is C16H19N3O4S. The van der Waals surface area contributed by atoms with Gasteiger partial charge in [0, 0.05) is 18.9 Å². The van der Waals surface area contributed by atoms with Gasteiger partial charge in [0.15, 0.2) is 0 Å². The van der Waals surface area contributed by atoms with Gasteiger partial charge in [-0.25, -0.2) is 18.4 Å². The van der Waals surface area contributed by atoms with Crippen LogP contribution in [0.3, 0.4) is 0 Å². The van der Waals surface area contributed by atoms with Crippen LogP contribution in [0.5, 0.6) is 11.8 Å². The van der Waals surface area contributed by atoms with Crippen molar-refractivity contribution in [2.24, 2.45) is 0 Å². The highest BCUT2D eigenvalue weighted by molar-refractivity contribution is 7.89. The van der Waals surface area contributed by atoms with Crippen LogP contribution in [0.2, 0.25) is 0 Å². The minimum absolute atomic E-state index is 0.275. The molecule has 0 aliphatic carbocycles. The highest BCUT2D eigenvalue weighted by Gasteiger charge is 2.31. The second-order valence-electron chi connectivity index (χ2n) is 5.43. The number of ether oxygens (including phenoxy) is 2. The average molecular weight is 349 g/mol. The summed E-state index contributed by atoms with van der Waals surface area (Å²) < 4.78 is 37.9. The van der Waals surface area contributed by atoms with Gasteiger partial charge < -0.3 is 9.47 Å². The summed E-state index contributed by atoms with van der Waals surface area (Å²) in [4.78, 5) is 8.44. The lowest BCUT2D eigenvalue weighted by molar-refractivity contribution is 0.119. The van der Waals surface area contributed by atoms with E-state index < -0.39 is 10.0 Å². The maximum Gasteiger partial charge on any atom is 0.278 e. The fourth-order valence-electron chi connectivity index (χ4n) is 2.65. The lowest BCUT2D eigenvalue weighted by Crippen LogP contribution is -2.44. The van der Waals surface area contributed by atoms with Crippen LogP contribution in [-0.4, -0.2) is 49.0 Å². The molecule has 1 fully saturated rings. The monoisotopic (exact) mass is 349 g/mol. The second-order valence-corrected chi connectivity index (χ2v) is 7.37. The molecule has 1 atom stereocenters. The van der Waals surface area contributed by atoms with E-state index in [4.69, 9.17) is 9.47 Å². The van der Waals surface area contributed by atoms with E-state index >= 15 is 0 Å². The van der Waals surface area contributed by atoms with Gasteiger partial charge in [-0.15, -0.1) is 0 Å². The fraction of sp³-hybridized carbons (Fsp3) is 0.375. The maximum absolute atomic E-state index is 12.7. The summed E-state index contributed by atoms with van der Waals surface area (Å²) in [5.74, 6) is 0.574. The minimum atomic E-state index is -3.52. The molecule has 0 bridgehead atoms. The first-order valence-corrected chi connectivity index (χ1v) is 9.12. The third kappa shape index (κ3) is 3.49. The summed E-state index contributed by atoms with van der Waals surface area (Å²) in [5.41, 5.74) is 0. The number of nitrogens with zero attached hydrogens (tertiary/aromatic N) is 3. The van der Waals surface area contributed by atoms with Crippen molar-refractivity contribution < 1.29 is 17.9 Å². The number of rotatable bonds is 5. The number of piperidine rings is 1. The molecule has 7 nitrogen and oxygen atoms in total. The smallest absolute Gasteiger partial charge is 0.278 e. The molecule has 1 unspecified atom stereocenters. The van der Waals surface area contributed by atoms with Crippen LogP contribution in [0.25, 0.3) is 0 Å². The Morgan fingerprint density at radius 1 is 1.12 bits per heavy atom. The number of sulfonamides is 1. The molecular weight excluding hydrogens is 330 g/mol. The zero-order chi connectivity index (χ0) is 17.0. The molecule has 0 radical (unpaired) electrons. The van der Waals surface area contributed by atoms with Gasteiger partial charge >= 0.3 is 0 Å². The van der Waals surface area contributed by atoms with Crippen molar-refractivity contribution in [2.75, 3.05) is 20.2 Å². The van der Waals surface area contributed by atoms with Crippen LogP contribution in [0, 0.1) is 0 Å². The molecule has 128 valence electrons. The van der Waals surface area contributed by atoms with Crippen molar-refractivity contribution in [3.63, 3.8) is 0 Å². The van der Waals surface area contributed by atoms with Crippen LogP contribution >= 0.6 is 0 Å². The lowest BCUT2D eigenvalue weighted by atomic mass is 10.1. The third-order valence-electron chi connectivity index (χ3n) is 3.83. The molecule has 0 N–H and O–H groups in total. The van der Waals surface area contributed by atoms with Gasteiger partial charge in [-0.1, -0.05) is 18.2 Å². The van der Waals surface area contributed by atoms with Crippen molar-refractivity contribution in [3.05, 3.63) is 42.7 Å². The van der Waals surface area contributed by atoms with Gasteiger partial charge in [-0.05, 0) is 25.0 Å². The Morgan fingerprint density at radius 2 is 1.83 bits per heavy atom. The van der Waals surface area contributed by atoms with E-state index in [-0.39, 0.29) is 18.5 Å². The Kier molecular flexibility index (Phi) is 4.96. The summed E-state index contributed by atoms with van der Waals surface area (Å²) in [6.45, 7) is 0.756.